The molecule has 0 bridgehead atoms. The molecule has 0 aliphatic heterocycles. The molecule has 0 unspecified atom stereocenters. The van der Waals surface area contributed by atoms with Crippen molar-refractivity contribution in [3.05, 3.63) is 46.6 Å². The molecule has 0 saturated heterocycles. The van der Waals surface area contributed by atoms with Gasteiger partial charge < -0.3 is 10.1 Å². The maximum Gasteiger partial charge on any atom is 0.238 e. The van der Waals surface area contributed by atoms with Gasteiger partial charge in [0.05, 0.1) is 5.69 Å². The lowest BCUT2D eigenvalue weighted by molar-refractivity contribution is 0.450. The van der Waals surface area contributed by atoms with E-state index in [4.69, 9.17) is 16.3 Å². The van der Waals surface area contributed by atoms with Crippen LogP contribution in [0.3, 0.4) is 0 Å². The van der Waals surface area contributed by atoms with Crippen LogP contribution in [0.1, 0.15) is 24.1 Å². The number of halogens is 1. The fourth-order valence-corrected chi connectivity index (χ4v) is 2.10. The zero-order chi connectivity index (χ0) is 13.9. The standard InChI is InChI=1S/C15H16ClN3O/c1-10-8-11(16)2-6-14(10)20-15-7-5-13(18-19-15)9-17-12-3-4-12/h2,5-8,12,17H,3-4,9H2,1H3. The fraction of sp³-hybridized carbons (Fsp3) is 0.333. The average Bonchev–Trinajstić information content (AvgIpc) is 3.25. The molecule has 1 aliphatic rings. The Hall–Kier alpha value is -1.65. The topological polar surface area (TPSA) is 47.0 Å². The van der Waals surface area contributed by atoms with Gasteiger partial charge in [0.15, 0.2) is 0 Å². The fourth-order valence-electron chi connectivity index (χ4n) is 1.87. The van der Waals surface area contributed by atoms with E-state index in [1.807, 2.05) is 31.2 Å². The van der Waals surface area contributed by atoms with E-state index in [-0.39, 0.29) is 0 Å². The summed E-state index contributed by atoms with van der Waals surface area (Å²) in [5.74, 6) is 1.23. The minimum absolute atomic E-state index is 0.491. The molecular weight excluding hydrogens is 274 g/mol. The first-order valence-corrected chi connectivity index (χ1v) is 7.08. The Morgan fingerprint density at radius 1 is 1.25 bits per heavy atom. The SMILES string of the molecule is Cc1cc(Cl)ccc1Oc1ccc(CNC2CC2)nn1. The van der Waals surface area contributed by atoms with Gasteiger partial charge >= 0.3 is 0 Å². The van der Waals surface area contributed by atoms with Crippen LogP contribution < -0.4 is 10.1 Å². The maximum atomic E-state index is 5.92. The van der Waals surface area contributed by atoms with Gasteiger partial charge in [-0.2, -0.15) is 5.10 Å². The van der Waals surface area contributed by atoms with Gasteiger partial charge in [-0.05, 0) is 49.6 Å². The molecule has 2 aromatic rings. The van der Waals surface area contributed by atoms with Gasteiger partial charge in [0.1, 0.15) is 5.75 Å². The first kappa shape index (κ1) is 13.3. The lowest BCUT2D eigenvalue weighted by Crippen LogP contribution is -2.16. The predicted molar refractivity (Wildman–Crippen MR) is 78.2 cm³/mol. The Balaban J connectivity index is 1.64. The van der Waals surface area contributed by atoms with Crippen molar-refractivity contribution < 1.29 is 4.74 Å². The van der Waals surface area contributed by atoms with Crippen LogP contribution in [0.2, 0.25) is 5.02 Å². The molecule has 1 saturated carbocycles. The predicted octanol–water partition coefficient (Wildman–Crippen LogP) is 3.48. The molecule has 0 spiro atoms. The highest BCUT2D eigenvalue weighted by Crippen LogP contribution is 2.26. The molecular formula is C15H16ClN3O. The number of hydrogen-bond donors (Lipinski definition) is 1. The molecule has 1 N–H and O–H groups in total. The van der Waals surface area contributed by atoms with E-state index in [1.54, 1.807) is 6.07 Å². The van der Waals surface area contributed by atoms with E-state index in [0.717, 1.165) is 23.6 Å². The minimum atomic E-state index is 0.491. The highest BCUT2D eigenvalue weighted by molar-refractivity contribution is 6.30. The van der Waals surface area contributed by atoms with Gasteiger partial charge in [-0.3, -0.25) is 0 Å². The molecule has 0 amide bonds. The second kappa shape index (κ2) is 5.77. The molecule has 0 radical (unpaired) electrons. The molecule has 20 heavy (non-hydrogen) atoms. The van der Waals surface area contributed by atoms with Gasteiger partial charge in [0.2, 0.25) is 5.88 Å². The lowest BCUT2D eigenvalue weighted by atomic mass is 10.2. The summed E-state index contributed by atoms with van der Waals surface area (Å²) in [6.45, 7) is 2.71. The first-order valence-electron chi connectivity index (χ1n) is 6.71. The molecule has 0 atom stereocenters. The Bertz CT molecular complexity index is 597. The molecule has 4 nitrogen and oxygen atoms in total. The first-order chi connectivity index (χ1) is 9.70. The number of aryl methyl sites for hydroxylation is 1. The van der Waals surface area contributed by atoms with E-state index >= 15 is 0 Å². The molecule has 1 heterocycles. The Morgan fingerprint density at radius 2 is 2.10 bits per heavy atom. The highest BCUT2D eigenvalue weighted by Gasteiger charge is 2.20. The number of nitrogens with zero attached hydrogens (tertiary/aromatic N) is 2. The Morgan fingerprint density at radius 3 is 2.75 bits per heavy atom. The van der Waals surface area contributed by atoms with Gasteiger partial charge in [-0.15, -0.1) is 5.10 Å². The number of hydrogen-bond acceptors (Lipinski definition) is 4. The van der Waals surface area contributed by atoms with E-state index in [2.05, 4.69) is 15.5 Å². The van der Waals surface area contributed by atoms with Crippen LogP contribution in [-0.2, 0) is 6.54 Å². The molecule has 3 rings (SSSR count). The third kappa shape index (κ3) is 3.46. The normalized spacial score (nSPS) is 14.3. The number of rotatable bonds is 5. The summed E-state index contributed by atoms with van der Waals surface area (Å²) < 4.78 is 5.70. The van der Waals surface area contributed by atoms with E-state index < -0.39 is 0 Å². The van der Waals surface area contributed by atoms with Gasteiger partial charge in [-0.25, -0.2) is 0 Å². The smallest absolute Gasteiger partial charge is 0.238 e. The van der Waals surface area contributed by atoms with E-state index in [0.29, 0.717) is 16.9 Å². The van der Waals surface area contributed by atoms with Crippen LogP contribution in [-0.4, -0.2) is 16.2 Å². The highest BCUT2D eigenvalue weighted by atomic mass is 35.5. The molecule has 1 aliphatic carbocycles. The van der Waals surface area contributed by atoms with Crippen LogP contribution in [0.15, 0.2) is 30.3 Å². The number of nitrogens with one attached hydrogen (secondary N) is 1. The summed E-state index contributed by atoms with van der Waals surface area (Å²) >= 11 is 5.92. The monoisotopic (exact) mass is 289 g/mol. The van der Waals surface area contributed by atoms with Crippen LogP contribution in [0.4, 0.5) is 0 Å². The molecule has 104 valence electrons. The molecule has 1 fully saturated rings. The van der Waals surface area contributed by atoms with Crippen molar-refractivity contribution in [2.75, 3.05) is 0 Å². The van der Waals surface area contributed by atoms with Crippen LogP contribution in [0, 0.1) is 6.92 Å². The minimum Gasteiger partial charge on any atom is -0.437 e. The second-order valence-corrected chi connectivity index (χ2v) is 5.47. The van der Waals surface area contributed by atoms with E-state index in [9.17, 15) is 0 Å². The molecule has 1 aromatic carbocycles. The number of ether oxygens (including phenoxy) is 1. The molecule has 5 heteroatoms. The van der Waals surface area contributed by atoms with Crippen LogP contribution in [0.5, 0.6) is 11.6 Å². The van der Waals surface area contributed by atoms with Crippen LogP contribution >= 0.6 is 11.6 Å². The van der Waals surface area contributed by atoms with Crippen molar-refractivity contribution in [3.8, 4) is 11.6 Å². The van der Waals surface area contributed by atoms with Gasteiger partial charge in [0, 0.05) is 23.7 Å². The maximum absolute atomic E-state index is 5.92. The van der Waals surface area contributed by atoms with Gasteiger partial charge in [-0.1, -0.05) is 11.6 Å². The summed E-state index contributed by atoms with van der Waals surface area (Å²) in [5, 5.41) is 12.3. The number of aromatic nitrogens is 2. The average molecular weight is 290 g/mol. The Kier molecular flexibility index (Phi) is 3.85. The van der Waals surface area contributed by atoms with Crippen molar-refractivity contribution in [2.45, 2.75) is 32.4 Å². The largest absolute Gasteiger partial charge is 0.437 e. The zero-order valence-corrected chi connectivity index (χ0v) is 12.0. The summed E-state index contributed by atoms with van der Waals surface area (Å²) in [6, 6.07) is 9.93. The lowest BCUT2D eigenvalue weighted by Gasteiger charge is -2.08. The summed E-state index contributed by atoms with van der Waals surface area (Å²) in [5.41, 5.74) is 1.90. The van der Waals surface area contributed by atoms with Gasteiger partial charge in [0.25, 0.3) is 0 Å². The summed E-state index contributed by atoms with van der Waals surface area (Å²) in [6.07, 6.45) is 2.54. The summed E-state index contributed by atoms with van der Waals surface area (Å²) in [7, 11) is 0. The Labute approximate surface area is 123 Å². The second-order valence-electron chi connectivity index (χ2n) is 5.03. The third-order valence-electron chi connectivity index (χ3n) is 3.20. The van der Waals surface area contributed by atoms with Crippen molar-refractivity contribution >= 4 is 11.6 Å². The number of benzene rings is 1. The zero-order valence-electron chi connectivity index (χ0n) is 11.3. The third-order valence-corrected chi connectivity index (χ3v) is 3.43. The van der Waals surface area contributed by atoms with E-state index in [1.165, 1.54) is 12.8 Å². The van der Waals surface area contributed by atoms with Crippen molar-refractivity contribution in [3.63, 3.8) is 0 Å². The van der Waals surface area contributed by atoms with Crippen LogP contribution in [0.25, 0.3) is 0 Å². The molecule has 1 aromatic heterocycles. The summed E-state index contributed by atoms with van der Waals surface area (Å²) in [4.78, 5) is 0. The van der Waals surface area contributed by atoms with Crippen molar-refractivity contribution in [1.82, 2.24) is 15.5 Å². The quantitative estimate of drug-likeness (QED) is 0.915. The van der Waals surface area contributed by atoms with Crippen molar-refractivity contribution in [2.24, 2.45) is 0 Å². The van der Waals surface area contributed by atoms with Crippen molar-refractivity contribution in [1.29, 1.82) is 0 Å².